The van der Waals surface area contributed by atoms with Gasteiger partial charge >= 0.3 is 0 Å². The van der Waals surface area contributed by atoms with Gasteiger partial charge in [0.25, 0.3) is 5.69 Å². The van der Waals surface area contributed by atoms with E-state index < -0.39 is 0 Å². The van der Waals surface area contributed by atoms with Crippen molar-refractivity contribution in [1.82, 2.24) is 0 Å². The summed E-state index contributed by atoms with van der Waals surface area (Å²) in [4.78, 5) is 10.7. The van der Waals surface area contributed by atoms with E-state index in [0.29, 0.717) is 31.4 Å². The first kappa shape index (κ1) is 14.7. The summed E-state index contributed by atoms with van der Waals surface area (Å²) >= 11 is 0. The van der Waals surface area contributed by atoms with E-state index in [4.69, 9.17) is 9.47 Å². The second-order valence-corrected chi connectivity index (χ2v) is 4.84. The van der Waals surface area contributed by atoms with Crippen molar-refractivity contribution in [1.29, 1.82) is 0 Å². The van der Waals surface area contributed by atoms with Gasteiger partial charge in [-0.1, -0.05) is 12.1 Å². The Kier molecular flexibility index (Phi) is 5.31. The topological polar surface area (TPSA) is 73.6 Å². The highest BCUT2D eigenvalue weighted by Gasteiger charge is 2.18. The molecule has 0 aromatic heterocycles. The number of anilines is 1. The first-order valence-electron chi connectivity index (χ1n) is 6.88. The van der Waals surface area contributed by atoms with Crippen molar-refractivity contribution in [3.8, 4) is 0 Å². The molecular formula is C14H20N2O4. The second kappa shape index (κ2) is 7.21. The maximum absolute atomic E-state index is 11.0. The van der Waals surface area contributed by atoms with E-state index >= 15 is 0 Å². The van der Waals surface area contributed by atoms with Crippen LogP contribution in [-0.4, -0.2) is 31.3 Å². The van der Waals surface area contributed by atoms with Crippen molar-refractivity contribution >= 4 is 11.4 Å². The molecule has 0 bridgehead atoms. The molecule has 0 amide bonds. The zero-order valence-electron chi connectivity index (χ0n) is 11.6. The van der Waals surface area contributed by atoms with E-state index in [1.165, 1.54) is 6.07 Å². The van der Waals surface area contributed by atoms with E-state index in [2.05, 4.69) is 5.32 Å². The third-order valence-corrected chi connectivity index (χ3v) is 3.31. The van der Waals surface area contributed by atoms with E-state index in [1.807, 2.05) is 13.0 Å². The lowest BCUT2D eigenvalue weighted by molar-refractivity contribution is -0.384. The summed E-state index contributed by atoms with van der Waals surface area (Å²) < 4.78 is 11.0. The van der Waals surface area contributed by atoms with Gasteiger partial charge in [-0.15, -0.1) is 0 Å². The van der Waals surface area contributed by atoms with Gasteiger partial charge in [-0.25, -0.2) is 0 Å². The summed E-state index contributed by atoms with van der Waals surface area (Å²) in [6.07, 6.45) is 1.02. The van der Waals surface area contributed by atoms with Crippen LogP contribution in [-0.2, 0) is 16.1 Å². The van der Waals surface area contributed by atoms with Crippen LogP contribution in [0.4, 0.5) is 11.4 Å². The number of hydrogen-bond acceptors (Lipinski definition) is 5. The fourth-order valence-corrected chi connectivity index (χ4v) is 2.29. The first-order valence-corrected chi connectivity index (χ1v) is 6.88. The van der Waals surface area contributed by atoms with Crippen LogP contribution in [0.2, 0.25) is 0 Å². The summed E-state index contributed by atoms with van der Waals surface area (Å²) in [5, 5.41) is 14.1. The van der Waals surface area contributed by atoms with Crippen molar-refractivity contribution < 1.29 is 14.4 Å². The summed E-state index contributed by atoms with van der Waals surface area (Å²) in [6, 6.07) is 5.05. The van der Waals surface area contributed by atoms with Crippen LogP contribution in [0.3, 0.4) is 0 Å². The highest BCUT2D eigenvalue weighted by molar-refractivity contribution is 5.66. The number of nitrogens with zero attached hydrogens (tertiary/aromatic N) is 1. The Balaban J connectivity index is 2.01. The van der Waals surface area contributed by atoms with Crippen LogP contribution in [0, 0.1) is 16.0 Å². The average Bonchev–Trinajstić information content (AvgIpc) is 2.93. The molecule has 0 saturated carbocycles. The third-order valence-electron chi connectivity index (χ3n) is 3.31. The van der Waals surface area contributed by atoms with Crippen molar-refractivity contribution in [3.05, 3.63) is 33.9 Å². The van der Waals surface area contributed by atoms with E-state index in [-0.39, 0.29) is 10.6 Å². The third kappa shape index (κ3) is 3.68. The number of nitro groups is 1. The van der Waals surface area contributed by atoms with Gasteiger partial charge in [0.2, 0.25) is 0 Å². The Morgan fingerprint density at radius 2 is 2.40 bits per heavy atom. The predicted molar refractivity (Wildman–Crippen MR) is 75.8 cm³/mol. The first-order chi connectivity index (χ1) is 9.72. The largest absolute Gasteiger partial charge is 0.381 e. The summed E-state index contributed by atoms with van der Waals surface area (Å²) in [5.74, 6) is 0.441. The highest BCUT2D eigenvalue weighted by Crippen LogP contribution is 2.29. The number of nitro benzene ring substituents is 1. The molecule has 1 unspecified atom stereocenters. The number of rotatable bonds is 7. The molecule has 110 valence electrons. The molecule has 1 aromatic carbocycles. The van der Waals surface area contributed by atoms with Crippen LogP contribution >= 0.6 is 0 Å². The van der Waals surface area contributed by atoms with Gasteiger partial charge in [0.15, 0.2) is 0 Å². The minimum atomic E-state index is -0.369. The van der Waals surface area contributed by atoms with E-state index in [9.17, 15) is 10.1 Å². The Morgan fingerprint density at radius 1 is 1.55 bits per heavy atom. The molecule has 20 heavy (non-hydrogen) atoms. The molecule has 1 saturated heterocycles. The molecule has 1 aliphatic heterocycles. The van der Waals surface area contributed by atoms with Crippen molar-refractivity contribution in [3.63, 3.8) is 0 Å². The van der Waals surface area contributed by atoms with E-state index in [0.717, 1.165) is 25.2 Å². The minimum Gasteiger partial charge on any atom is -0.381 e. The Morgan fingerprint density at radius 3 is 3.05 bits per heavy atom. The van der Waals surface area contributed by atoms with E-state index in [1.54, 1.807) is 6.07 Å². The number of hydrogen-bond donors (Lipinski definition) is 1. The lowest BCUT2D eigenvalue weighted by Crippen LogP contribution is -2.11. The molecule has 6 heteroatoms. The number of ether oxygens (including phenoxy) is 2. The minimum absolute atomic E-state index is 0.0946. The predicted octanol–water partition coefficient (Wildman–Crippen LogP) is 2.58. The monoisotopic (exact) mass is 280 g/mol. The maximum Gasteiger partial charge on any atom is 0.292 e. The van der Waals surface area contributed by atoms with Crippen molar-refractivity contribution in [2.24, 2.45) is 5.92 Å². The smallest absolute Gasteiger partial charge is 0.292 e. The number of para-hydroxylation sites is 1. The molecule has 1 fully saturated rings. The van der Waals surface area contributed by atoms with Gasteiger partial charge in [-0.05, 0) is 13.3 Å². The molecule has 1 aromatic rings. The van der Waals surface area contributed by atoms with Gasteiger partial charge in [0.05, 0.1) is 24.7 Å². The fraction of sp³-hybridized carbons (Fsp3) is 0.571. The number of nitrogens with one attached hydrogen (secondary N) is 1. The van der Waals surface area contributed by atoms with Crippen molar-refractivity contribution in [2.45, 2.75) is 20.0 Å². The summed E-state index contributed by atoms with van der Waals surface area (Å²) in [7, 11) is 0. The van der Waals surface area contributed by atoms with Gasteiger partial charge in [-0.3, -0.25) is 10.1 Å². The maximum atomic E-state index is 11.0. The normalized spacial score (nSPS) is 18.1. The Bertz CT molecular complexity index is 458. The Hall–Kier alpha value is -1.66. The zero-order valence-corrected chi connectivity index (χ0v) is 11.6. The molecule has 0 radical (unpaired) electrons. The van der Waals surface area contributed by atoms with Crippen LogP contribution in [0.15, 0.2) is 18.2 Å². The van der Waals surface area contributed by atoms with Crippen LogP contribution in [0.1, 0.15) is 18.9 Å². The molecule has 6 nitrogen and oxygen atoms in total. The molecule has 1 atom stereocenters. The van der Waals surface area contributed by atoms with Gasteiger partial charge < -0.3 is 14.8 Å². The van der Waals surface area contributed by atoms with Gasteiger partial charge in [0, 0.05) is 30.7 Å². The SMILES string of the molecule is CCNc1c(COCC2CCOC2)cccc1[N+](=O)[O-]. The summed E-state index contributed by atoms with van der Waals surface area (Å²) in [6.45, 7) is 5.10. The highest BCUT2D eigenvalue weighted by atomic mass is 16.6. The zero-order chi connectivity index (χ0) is 14.4. The second-order valence-electron chi connectivity index (χ2n) is 4.84. The summed E-state index contributed by atoms with van der Waals surface area (Å²) in [5.41, 5.74) is 1.47. The standard InChI is InChI=1S/C14H20N2O4/c1-2-15-14-12(4-3-5-13(14)16(17)18)10-20-9-11-6-7-19-8-11/h3-5,11,15H,2,6-10H2,1H3. The quantitative estimate of drug-likeness (QED) is 0.614. The number of benzene rings is 1. The van der Waals surface area contributed by atoms with Crippen molar-refractivity contribution in [2.75, 3.05) is 31.7 Å². The average molecular weight is 280 g/mol. The lowest BCUT2D eigenvalue weighted by atomic mass is 10.1. The Labute approximate surface area is 118 Å². The van der Waals surface area contributed by atoms with Crippen LogP contribution in [0.5, 0.6) is 0 Å². The molecule has 0 aliphatic carbocycles. The molecule has 1 N–H and O–H groups in total. The molecule has 2 rings (SSSR count). The van der Waals surface area contributed by atoms with Gasteiger partial charge in [-0.2, -0.15) is 0 Å². The fourth-order valence-electron chi connectivity index (χ4n) is 2.29. The van der Waals surface area contributed by atoms with Gasteiger partial charge in [0.1, 0.15) is 5.69 Å². The molecular weight excluding hydrogens is 260 g/mol. The molecule has 1 aliphatic rings. The van der Waals surface area contributed by atoms with Crippen LogP contribution in [0.25, 0.3) is 0 Å². The van der Waals surface area contributed by atoms with Crippen LogP contribution < -0.4 is 5.32 Å². The molecule has 0 spiro atoms. The molecule has 1 heterocycles. The lowest BCUT2D eigenvalue weighted by Gasteiger charge is -2.13.